The Morgan fingerprint density at radius 2 is 1.87 bits per heavy atom. The molecule has 2 heterocycles. The topological polar surface area (TPSA) is 52.7 Å². The normalized spacial score (nSPS) is 27.1. The lowest BCUT2D eigenvalue weighted by atomic mass is 9.86. The summed E-state index contributed by atoms with van der Waals surface area (Å²) in [5.41, 5.74) is 5.57. The first-order chi connectivity index (χ1) is 18.3. The fourth-order valence-electron chi connectivity index (χ4n) is 6.67. The number of alkyl halides is 2. The number of allylic oxidation sites excluding steroid dienone is 5. The third kappa shape index (κ3) is 5.63. The van der Waals surface area contributed by atoms with Gasteiger partial charge in [0.2, 0.25) is 0 Å². The quantitative estimate of drug-likeness (QED) is 0.521. The molecular weight excluding hydrogens is 484 g/mol. The zero-order chi connectivity index (χ0) is 26.9. The Balaban J connectivity index is 1.36. The van der Waals surface area contributed by atoms with Crippen molar-refractivity contribution in [1.82, 2.24) is 10.2 Å². The van der Waals surface area contributed by atoms with E-state index in [9.17, 15) is 18.4 Å². The number of amides is 1. The maximum absolute atomic E-state index is 13.4. The number of likely N-dealkylation sites (tertiary alicyclic amines) is 1. The summed E-state index contributed by atoms with van der Waals surface area (Å²) in [5, 5.41) is 3.05. The van der Waals surface area contributed by atoms with Gasteiger partial charge in [-0.05, 0) is 82.1 Å². The molecule has 1 aromatic rings. The summed E-state index contributed by atoms with van der Waals surface area (Å²) in [6.45, 7) is 4.99. The van der Waals surface area contributed by atoms with Crippen molar-refractivity contribution in [3.63, 3.8) is 0 Å². The van der Waals surface area contributed by atoms with Gasteiger partial charge >= 0.3 is 0 Å². The number of nitrogens with zero attached hydrogens (tertiary/aromatic N) is 2. The molecule has 1 saturated heterocycles. The van der Waals surface area contributed by atoms with Gasteiger partial charge in [-0.15, -0.1) is 0 Å². The molecule has 0 bridgehead atoms. The van der Waals surface area contributed by atoms with E-state index in [1.54, 1.807) is 0 Å². The molecule has 0 spiro atoms. The highest BCUT2D eigenvalue weighted by molar-refractivity contribution is 6.02. The van der Waals surface area contributed by atoms with E-state index in [-0.39, 0.29) is 37.4 Å². The molecule has 2 aliphatic heterocycles. The van der Waals surface area contributed by atoms with E-state index < -0.39 is 5.92 Å². The highest BCUT2D eigenvalue weighted by Gasteiger charge is 2.47. The van der Waals surface area contributed by atoms with Crippen molar-refractivity contribution in [3.05, 3.63) is 64.3 Å². The lowest BCUT2D eigenvalue weighted by Gasteiger charge is -2.47. The standard InChI is InChI=1S/C31H39F2N3O2/c1-3-36(24-14-12-23(13-15-24)35-19-31(32,33)20-35)28-11-7-10-26-25(28)9-6-4-5-8-22-16-21(2)17-29(37)27(22)18-34-30(26)38/h4,6-7,10-11,16,23-24H,3,5,8-9,12-15,17-20H2,1-2H3,(H,34,38)/b6-4+. The smallest absolute Gasteiger partial charge is 0.272 e. The first kappa shape index (κ1) is 26.8. The highest BCUT2D eigenvalue weighted by atomic mass is 19.3. The van der Waals surface area contributed by atoms with Crippen molar-refractivity contribution in [2.45, 2.75) is 83.2 Å². The summed E-state index contributed by atoms with van der Waals surface area (Å²) in [6, 6.07) is 6.50. The number of fused-ring (bicyclic) bond motifs is 1. The first-order valence-electron chi connectivity index (χ1n) is 14.1. The Bertz CT molecular complexity index is 1170. The fourth-order valence-corrected chi connectivity index (χ4v) is 6.67. The average molecular weight is 524 g/mol. The van der Waals surface area contributed by atoms with Crippen LogP contribution in [0.3, 0.4) is 0 Å². The number of ketones is 1. The van der Waals surface area contributed by atoms with Gasteiger partial charge in [0.15, 0.2) is 5.78 Å². The molecule has 1 saturated carbocycles. The van der Waals surface area contributed by atoms with Crippen molar-refractivity contribution in [1.29, 1.82) is 0 Å². The van der Waals surface area contributed by atoms with Crippen LogP contribution in [0.5, 0.6) is 0 Å². The van der Waals surface area contributed by atoms with E-state index in [0.29, 0.717) is 24.4 Å². The second kappa shape index (κ2) is 11.1. The summed E-state index contributed by atoms with van der Waals surface area (Å²) in [7, 11) is 0. The number of rotatable bonds is 4. The molecule has 2 fully saturated rings. The van der Waals surface area contributed by atoms with Crippen molar-refractivity contribution < 1.29 is 18.4 Å². The maximum Gasteiger partial charge on any atom is 0.272 e. The van der Waals surface area contributed by atoms with Crippen LogP contribution in [-0.4, -0.2) is 60.8 Å². The van der Waals surface area contributed by atoms with Crippen molar-refractivity contribution in [3.8, 4) is 0 Å². The number of carbonyl (C=O) groups is 2. The van der Waals surface area contributed by atoms with E-state index in [1.807, 2.05) is 24.0 Å². The van der Waals surface area contributed by atoms with Gasteiger partial charge in [0.25, 0.3) is 11.8 Å². The largest absolute Gasteiger partial charge is 0.369 e. The van der Waals surface area contributed by atoms with Gasteiger partial charge in [0, 0.05) is 48.4 Å². The predicted molar refractivity (Wildman–Crippen MR) is 147 cm³/mol. The molecule has 38 heavy (non-hydrogen) atoms. The second-order valence-electron chi connectivity index (χ2n) is 11.3. The van der Waals surface area contributed by atoms with Crippen molar-refractivity contribution in [2.75, 3.05) is 31.1 Å². The van der Waals surface area contributed by atoms with Gasteiger partial charge in [-0.2, -0.15) is 0 Å². The van der Waals surface area contributed by atoms with Crippen LogP contribution in [0, 0.1) is 0 Å². The number of nitrogens with one attached hydrogen (secondary N) is 1. The van der Waals surface area contributed by atoms with E-state index in [1.165, 1.54) is 0 Å². The number of anilines is 1. The number of Topliss-reactive ketones (excluding diaryl/α,β-unsaturated/α-hetero) is 1. The minimum Gasteiger partial charge on any atom is -0.369 e. The van der Waals surface area contributed by atoms with Crippen LogP contribution in [0.4, 0.5) is 14.5 Å². The van der Waals surface area contributed by atoms with Gasteiger partial charge in [-0.1, -0.05) is 29.9 Å². The molecule has 4 aliphatic rings. The summed E-state index contributed by atoms with van der Waals surface area (Å²) < 4.78 is 26.8. The number of hydrogen-bond donors (Lipinski definition) is 1. The van der Waals surface area contributed by atoms with Crippen LogP contribution >= 0.6 is 0 Å². The summed E-state index contributed by atoms with van der Waals surface area (Å²) >= 11 is 0. The first-order valence-corrected chi connectivity index (χ1v) is 14.1. The second-order valence-corrected chi connectivity index (χ2v) is 11.3. The molecule has 0 atom stereocenters. The predicted octanol–water partition coefficient (Wildman–Crippen LogP) is 5.61. The molecule has 7 heteroatoms. The summed E-state index contributed by atoms with van der Waals surface area (Å²) in [6.07, 6.45) is 12.9. The SMILES string of the molecule is CCN(c1cccc2c1C/C=C/CCC1=C(CNC2=O)C(=O)CC(C)=C1)C1CCC(N2CC(F)(F)C2)CC1. The third-order valence-electron chi connectivity index (χ3n) is 8.62. The van der Waals surface area contributed by atoms with E-state index in [4.69, 9.17) is 0 Å². The molecule has 1 amide bonds. The maximum atomic E-state index is 13.4. The molecule has 0 unspecified atom stereocenters. The van der Waals surface area contributed by atoms with Gasteiger partial charge < -0.3 is 10.2 Å². The van der Waals surface area contributed by atoms with Crippen LogP contribution in [0.1, 0.15) is 74.7 Å². The molecule has 2 aliphatic carbocycles. The molecule has 0 aromatic heterocycles. The molecule has 204 valence electrons. The summed E-state index contributed by atoms with van der Waals surface area (Å²) in [5.74, 6) is -2.57. The Morgan fingerprint density at radius 1 is 1.11 bits per heavy atom. The van der Waals surface area contributed by atoms with E-state index in [0.717, 1.165) is 73.0 Å². The van der Waals surface area contributed by atoms with Crippen LogP contribution < -0.4 is 10.2 Å². The Hall–Kier alpha value is -2.80. The van der Waals surface area contributed by atoms with Crippen LogP contribution in [-0.2, 0) is 11.2 Å². The zero-order valence-electron chi connectivity index (χ0n) is 22.6. The minimum atomic E-state index is -2.52. The Labute approximate surface area is 224 Å². The lowest BCUT2D eigenvalue weighted by Crippen LogP contribution is -2.61. The average Bonchev–Trinajstić information content (AvgIpc) is 2.87. The Morgan fingerprint density at radius 3 is 2.58 bits per heavy atom. The van der Waals surface area contributed by atoms with Crippen molar-refractivity contribution >= 4 is 17.4 Å². The highest BCUT2D eigenvalue weighted by Crippen LogP contribution is 2.37. The van der Waals surface area contributed by atoms with Crippen LogP contribution in [0.2, 0.25) is 0 Å². The fraction of sp³-hybridized carbons (Fsp3) is 0.548. The molecule has 1 N–H and O–H groups in total. The number of hydrogen-bond acceptors (Lipinski definition) is 4. The summed E-state index contributed by atoms with van der Waals surface area (Å²) in [4.78, 5) is 30.6. The molecule has 5 rings (SSSR count). The van der Waals surface area contributed by atoms with Crippen molar-refractivity contribution in [2.24, 2.45) is 0 Å². The minimum absolute atomic E-state index is 0.102. The number of carbonyl (C=O) groups excluding carboxylic acids is 2. The third-order valence-corrected chi connectivity index (χ3v) is 8.62. The van der Waals surface area contributed by atoms with Gasteiger partial charge in [0.05, 0.1) is 13.1 Å². The lowest BCUT2D eigenvalue weighted by molar-refractivity contribution is -0.149. The molecule has 5 nitrogen and oxygen atoms in total. The number of benzene rings is 1. The van der Waals surface area contributed by atoms with E-state index >= 15 is 0 Å². The van der Waals surface area contributed by atoms with Crippen LogP contribution in [0.25, 0.3) is 0 Å². The van der Waals surface area contributed by atoms with Gasteiger partial charge in [-0.3, -0.25) is 14.5 Å². The number of halogens is 2. The molecule has 1 aromatic carbocycles. The molecule has 0 radical (unpaired) electrons. The van der Waals surface area contributed by atoms with Gasteiger partial charge in [0.1, 0.15) is 0 Å². The van der Waals surface area contributed by atoms with Gasteiger partial charge in [-0.25, -0.2) is 8.78 Å². The monoisotopic (exact) mass is 523 g/mol. The van der Waals surface area contributed by atoms with E-state index in [2.05, 4.69) is 41.4 Å². The molecular formula is C31H39F2N3O2. The zero-order valence-corrected chi connectivity index (χ0v) is 22.6. The van der Waals surface area contributed by atoms with Crippen LogP contribution in [0.15, 0.2) is 53.1 Å². The Kier molecular flexibility index (Phi) is 7.85.